The molecule has 1 aliphatic heterocycles. The maximum absolute atomic E-state index is 13.9. The zero-order valence-corrected chi connectivity index (χ0v) is 13.2. The number of nitrogens with zero attached hydrogens (tertiary/aromatic N) is 2. The Hall–Kier alpha value is -1.56. The number of carbonyl (C=O) groups excluding carboxylic acids is 2. The van der Waals surface area contributed by atoms with Crippen LogP contribution in [0.3, 0.4) is 0 Å². The molecule has 0 saturated carbocycles. The second kappa shape index (κ2) is 6.47. The van der Waals surface area contributed by atoms with Crippen molar-refractivity contribution in [1.29, 1.82) is 0 Å². The highest BCUT2D eigenvalue weighted by Crippen LogP contribution is 2.25. The van der Waals surface area contributed by atoms with Crippen LogP contribution in [0.1, 0.15) is 22.8 Å². The van der Waals surface area contributed by atoms with Gasteiger partial charge in [0.1, 0.15) is 11.9 Å². The molecule has 1 aromatic carbocycles. The molecule has 1 aromatic rings. The molecule has 0 N–H and O–H groups in total. The molecule has 0 bridgehead atoms. The van der Waals surface area contributed by atoms with E-state index in [1.165, 1.54) is 28.8 Å². The van der Waals surface area contributed by atoms with E-state index in [2.05, 4.69) is 0 Å². The number of halogens is 1. The van der Waals surface area contributed by atoms with Crippen LogP contribution in [0.2, 0.25) is 0 Å². The van der Waals surface area contributed by atoms with Gasteiger partial charge < -0.3 is 9.80 Å². The number of carbonyl (C=O) groups is 2. The summed E-state index contributed by atoms with van der Waals surface area (Å²) < 4.78 is 13.9. The van der Waals surface area contributed by atoms with E-state index in [4.69, 9.17) is 0 Å². The first-order valence-electron chi connectivity index (χ1n) is 6.85. The van der Waals surface area contributed by atoms with Gasteiger partial charge >= 0.3 is 0 Å². The monoisotopic (exact) mass is 310 g/mol. The van der Waals surface area contributed by atoms with Crippen LogP contribution in [0.4, 0.5) is 4.39 Å². The van der Waals surface area contributed by atoms with Crippen LogP contribution in [-0.4, -0.2) is 52.9 Å². The van der Waals surface area contributed by atoms with Crippen LogP contribution in [0, 0.1) is 12.7 Å². The normalized spacial score (nSPS) is 17.9. The number of amides is 2. The molecule has 21 heavy (non-hydrogen) atoms. The van der Waals surface area contributed by atoms with Crippen LogP contribution in [-0.2, 0) is 4.79 Å². The van der Waals surface area contributed by atoms with Crippen molar-refractivity contribution in [2.75, 3.05) is 25.2 Å². The second-order valence-electron chi connectivity index (χ2n) is 5.13. The van der Waals surface area contributed by atoms with Gasteiger partial charge in [0.25, 0.3) is 5.91 Å². The molecule has 0 radical (unpaired) electrons. The summed E-state index contributed by atoms with van der Waals surface area (Å²) in [6.07, 6.45) is 0. The maximum Gasteiger partial charge on any atom is 0.258 e. The Bertz CT molecular complexity index is 565. The minimum absolute atomic E-state index is 0.0365. The topological polar surface area (TPSA) is 40.6 Å². The van der Waals surface area contributed by atoms with Gasteiger partial charge in [0.15, 0.2) is 0 Å². The Morgan fingerprint density at radius 1 is 1.48 bits per heavy atom. The lowest BCUT2D eigenvalue weighted by molar-refractivity contribution is -0.133. The molecule has 0 spiro atoms. The van der Waals surface area contributed by atoms with E-state index in [0.29, 0.717) is 18.2 Å². The Morgan fingerprint density at radius 2 is 2.19 bits per heavy atom. The van der Waals surface area contributed by atoms with Gasteiger partial charge in [-0.3, -0.25) is 9.59 Å². The number of benzene rings is 1. The van der Waals surface area contributed by atoms with Crippen molar-refractivity contribution >= 4 is 23.6 Å². The van der Waals surface area contributed by atoms with Gasteiger partial charge in [-0.2, -0.15) is 0 Å². The smallest absolute Gasteiger partial charge is 0.258 e. The second-order valence-corrected chi connectivity index (χ2v) is 6.13. The largest absolute Gasteiger partial charge is 0.344 e. The predicted octanol–water partition coefficient (Wildman–Crippen LogP) is 2.13. The van der Waals surface area contributed by atoms with Crippen LogP contribution in [0.15, 0.2) is 18.2 Å². The van der Waals surface area contributed by atoms with Crippen molar-refractivity contribution in [3.63, 3.8) is 0 Å². The lowest BCUT2D eigenvalue weighted by atomic mass is 10.1. The lowest BCUT2D eigenvalue weighted by Gasteiger charge is -2.27. The zero-order valence-electron chi connectivity index (χ0n) is 12.4. The average molecular weight is 310 g/mol. The quantitative estimate of drug-likeness (QED) is 0.859. The first kappa shape index (κ1) is 15.8. The third-order valence-electron chi connectivity index (χ3n) is 3.63. The lowest BCUT2D eigenvalue weighted by Crippen LogP contribution is -2.47. The van der Waals surface area contributed by atoms with Gasteiger partial charge in [-0.15, -0.1) is 11.8 Å². The van der Waals surface area contributed by atoms with Crippen molar-refractivity contribution in [3.8, 4) is 0 Å². The Kier molecular flexibility index (Phi) is 4.88. The summed E-state index contributed by atoms with van der Waals surface area (Å²) in [5.74, 6) is -0.0757. The van der Waals surface area contributed by atoms with Crippen LogP contribution >= 0.6 is 11.8 Å². The summed E-state index contributed by atoms with van der Waals surface area (Å²) in [5, 5.41) is 0. The fraction of sp³-hybridized carbons (Fsp3) is 0.467. The van der Waals surface area contributed by atoms with E-state index in [1.54, 1.807) is 18.0 Å². The fourth-order valence-electron chi connectivity index (χ4n) is 2.22. The fourth-order valence-corrected chi connectivity index (χ4v) is 3.36. The third-order valence-corrected chi connectivity index (χ3v) is 4.64. The number of thioether (sulfide) groups is 1. The average Bonchev–Trinajstić information content (AvgIpc) is 2.96. The van der Waals surface area contributed by atoms with E-state index in [9.17, 15) is 14.0 Å². The summed E-state index contributed by atoms with van der Waals surface area (Å²) in [6, 6.07) is 3.94. The van der Waals surface area contributed by atoms with Gasteiger partial charge in [0, 0.05) is 19.3 Å². The summed E-state index contributed by atoms with van der Waals surface area (Å²) >= 11 is 1.51. The third kappa shape index (κ3) is 3.20. The molecular formula is C15H19FN2O2S. The summed E-state index contributed by atoms with van der Waals surface area (Å²) in [7, 11) is 1.71. The molecule has 4 nitrogen and oxygen atoms in total. The molecule has 1 saturated heterocycles. The summed E-state index contributed by atoms with van der Waals surface area (Å²) in [4.78, 5) is 27.9. The Balaban J connectivity index is 2.25. The van der Waals surface area contributed by atoms with Crippen LogP contribution in [0.5, 0.6) is 0 Å². The van der Waals surface area contributed by atoms with E-state index in [-0.39, 0.29) is 11.5 Å². The predicted molar refractivity (Wildman–Crippen MR) is 81.7 cm³/mol. The van der Waals surface area contributed by atoms with Crippen molar-refractivity contribution in [1.82, 2.24) is 9.80 Å². The molecule has 1 fully saturated rings. The van der Waals surface area contributed by atoms with Gasteiger partial charge in [0.2, 0.25) is 5.91 Å². The van der Waals surface area contributed by atoms with E-state index >= 15 is 0 Å². The van der Waals surface area contributed by atoms with Crippen molar-refractivity contribution in [3.05, 3.63) is 35.1 Å². The summed E-state index contributed by atoms with van der Waals surface area (Å²) in [5.41, 5.74) is 0.856. The zero-order chi connectivity index (χ0) is 15.6. The Morgan fingerprint density at radius 3 is 2.86 bits per heavy atom. The van der Waals surface area contributed by atoms with Crippen molar-refractivity contribution < 1.29 is 14.0 Å². The van der Waals surface area contributed by atoms with E-state index in [0.717, 1.165) is 5.56 Å². The minimum Gasteiger partial charge on any atom is -0.344 e. The van der Waals surface area contributed by atoms with Gasteiger partial charge in [-0.1, -0.05) is 11.6 Å². The molecular weight excluding hydrogens is 291 g/mol. The minimum atomic E-state index is -0.544. The van der Waals surface area contributed by atoms with Crippen LogP contribution < -0.4 is 0 Å². The molecule has 6 heteroatoms. The number of aryl methyl sites for hydroxylation is 1. The number of likely N-dealkylation sites (N-methyl/N-ethyl adjacent to an activating group) is 1. The first-order chi connectivity index (χ1) is 9.95. The molecule has 2 rings (SSSR count). The van der Waals surface area contributed by atoms with E-state index in [1.807, 2.05) is 13.8 Å². The molecule has 1 atom stereocenters. The van der Waals surface area contributed by atoms with Crippen molar-refractivity contribution in [2.24, 2.45) is 0 Å². The molecule has 0 aromatic heterocycles. The number of hydrogen-bond acceptors (Lipinski definition) is 3. The highest BCUT2D eigenvalue weighted by atomic mass is 32.2. The van der Waals surface area contributed by atoms with Crippen LogP contribution in [0.25, 0.3) is 0 Å². The molecule has 1 aliphatic rings. The van der Waals surface area contributed by atoms with Gasteiger partial charge in [-0.05, 0) is 26.0 Å². The van der Waals surface area contributed by atoms with E-state index < -0.39 is 17.8 Å². The molecule has 1 unspecified atom stereocenters. The number of rotatable bonds is 3. The standard InChI is InChI=1S/C15H19FN2O2S/c1-4-17(3)15(20)13-8-21-9-18(13)14(19)11-7-10(2)5-6-12(11)16/h5-7,13H,4,8-9H2,1-3H3. The highest BCUT2D eigenvalue weighted by Gasteiger charge is 2.37. The van der Waals surface area contributed by atoms with Gasteiger partial charge in [0.05, 0.1) is 11.4 Å². The molecule has 0 aliphatic carbocycles. The van der Waals surface area contributed by atoms with Crippen molar-refractivity contribution in [2.45, 2.75) is 19.9 Å². The first-order valence-corrected chi connectivity index (χ1v) is 8.01. The maximum atomic E-state index is 13.9. The molecule has 1 heterocycles. The molecule has 114 valence electrons. The van der Waals surface area contributed by atoms with Gasteiger partial charge in [-0.25, -0.2) is 4.39 Å². The molecule has 2 amide bonds. The Labute approximate surface area is 128 Å². The number of hydrogen-bond donors (Lipinski definition) is 0. The SMILES string of the molecule is CCN(C)C(=O)C1CSCN1C(=O)c1cc(C)ccc1F. The summed E-state index contributed by atoms with van der Waals surface area (Å²) in [6.45, 7) is 4.27. The highest BCUT2D eigenvalue weighted by molar-refractivity contribution is 7.99.